The van der Waals surface area contributed by atoms with Gasteiger partial charge in [0.15, 0.2) is 0 Å². The topological polar surface area (TPSA) is 20.3 Å². The lowest BCUT2D eigenvalue weighted by atomic mass is 10.1. The van der Waals surface area contributed by atoms with Gasteiger partial charge in [-0.1, -0.05) is 32.3 Å². The highest BCUT2D eigenvalue weighted by atomic mass is 16.2. The van der Waals surface area contributed by atoms with Gasteiger partial charge in [0.25, 0.3) is 0 Å². The van der Waals surface area contributed by atoms with Gasteiger partial charge in [-0.15, -0.1) is 0 Å². The van der Waals surface area contributed by atoms with Gasteiger partial charge in [0, 0.05) is 19.2 Å². The van der Waals surface area contributed by atoms with E-state index < -0.39 is 0 Å². The molecule has 0 bridgehead atoms. The van der Waals surface area contributed by atoms with Crippen LogP contribution < -0.4 is 0 Å². The largest absolute Gasteiger partial charge is 0.342 e. The number of unbranched alkanes of at least 4 members (excludes halogenated alkanes) is 4. The van der Waals surface area contributed by atoms with Gasteiger partial charge in [0.05, 0.1) is 0 Å². The number of carbonyl (C=O) groups excluding carboxylic acids is 1. The molecular weight excluding hydrogens is 186 g/mol. The molecule has 0 aromatic heterocycles. The zero-order valence-electron chi connectivity index (χ0n) is 10.7. The summed E-state index contributed by atoms with van der Waals surface area (Å²) in [6, 6.07) is 0. The zero-order chi connectivity index (χ0) is 11.7. The molecule has 1 amide bonds. The van der Waals surface area contributed by atoms with Crippen molar-refractivity contribution < 1.29 is 4.79 Å². The van der Waals surface area contributed by atoms with Crippen molar-refractivity contribution in [2.24, 2.45) is 0 Å². The van der Waals surface area contributed by atoms with Crippen LogP contribution in [0.3, 0.4) is 0 Å². The Morgan fingerprint density at radius 1 is 1.20 bits per heavy atom. The van der Waals surface area contributed by atoms with Crippen molar-refractivity contribution in [2.75, 3.05) is 13.6 Å². The summed E-state index contributed by atoms with van der Waals surface area (Å²) in [4.78, 5) is 13.4. The van der Waals surface area contributed by atoms with Crippen LogP contribution >= 0.6 is 0 Å². The molecule has 0 N–H and O–H groups in total. The van der Waals surface area contributed by atoms with Crippen molar-refractivity contribution in [1.82, 2.24) is 4.90 Å². The summed E-state index contributed by atoms with van der Waals surface area (Å²) in [5, 5.41) is 0. The first kappa shape index (κ1) is 14.2. The first-order valence-electron chi connectivity index (χ1n) is 6.05. The van der Waals surface area contributed by atoms with Gasteiger partial charge in [0.2, 0.25) is 5.91 Å². The average molecular weight is 211 g/mol. The first-order chi connectivity index (χ1) is 7.13. The summed E-state index contributed by atoms with van der Waals surface area (Å²) < 4.78 is 0. The maximum Gasteiger partial charge on any atom is 0.248 e. The monoisotopic (exact) mass is 211 g/mol. The van der Waals surface area contributed by atoms with Crippen LogP contribution in [-0.2, 0) is 4.79 Å². The predicted molar refractivity (Wildman–Crippen MR) is 65.8 cm³/mol. The third-order valence-corrected chi connectivity index (χ3v) is 2.67. The number of hydrogen-bond donors (Lipinski definition) is 0. The number of rotatable bonds is 7. The third-order valence-electron chi connectivity index (χ3n) is 2.67. The zero-order valence-corrected chi connectivity index (χ0v) is 10.7. The van der Waals surface area contributed by atoms with Crippen LogP contribution in [0.25, 0.3) is 0 Å². The molecule has 0 atom stereocenters. The van der Waals surface area contributed by atoms with Gasteiger partial charge in [-0.3, -0.25) is 4.79 Å². The highest BCUT2D eigenvalue weighted by Gasteiger charge is 2.07. The highest BCUT2D eigenvalue weighted by Crippen LogP contribution is 2.06. The van der Waals surface area contributed by atoms with Gasteiger partial charge in [-0.05, 0) is 26.7 Å². The summed E-state index contributed by atoms with van der Waals surface area (Å²) in [6.07, 6.45) is 8.15. The van der Waals surface area contributed by atoms with Crippen molar-refractivity contribution in [2.45, 2.75) is 52.9 Å². The average Bonchev–Trinajstić information content (AvgIpc) is 2.26. The summed E-state index contributed by atoms with van der Waals surface area (Å²) in [5.74, 6) is 0.160. The van der Waals surface area contributed by atoms with Gasteiger partial charge >= 0.3 is 0 Å². The number of hydrogen-bond acceptors (Lipinski definition) is 1. The van der Waals surface area contributed by atoms with E-state index in [0.29, 0.717) is 0 Å². The minimum absolute atomic E-state index is 0.160. The molecule has 0 saturated heterocycles. The van der Waals surface area contributed by atoms with Crippen LogP contribution in [0, 0.1) is 0 Å². The lowest BCUT2D eigenvalue weighted by molar-refractivity contribution is -0.125. The van der Waals surface area contributed by atoms with Gasteiger partial charge in [-0.25, -0.2) is 0 Å². The quantitative estimate of drug-likeness (QED) is 0.467. The molecule has 0 unspecified atom stereocenters. The minimum atomic E-state index is 0.160. The summed E-state index contributed by atoms with van der Waals surface area (Å²) in [6.45, 7) is 6.89. The highest BCUT2D eigenvalue weighted by molar-refractivity contribution is 5.92. The number of nitrogens with zero attached hydrogens (tertiary/aromatic N) is 1. The molecule has 0 aromatic rings. The number of amides is 1. The second kappa shape index (κ2) is 8.51. The molecule has 0 heterocycles. The molecular formula is C13H25NO. The van der Waals surface area contributed by atoms with Crippen molar-refractivity contribution in [1.29, 1.82) is 0 Å². The summed E-state index contributed by atoms with van der Waals surface area (Å²) in [5.41, 5.74) is 0.885. The van der Waals surface area contributed by atoms with Crippen LogP contribution in [0.5, 0.6) is 0 Å². The van der Waals surface area contributed by atoms with Crippen molar-refractivity contribution >= 4 is 5.91 Å². The molecule has 88 valence electrons. The molecule has 15 heavy (non-hydrogen) atoms. The molecule has 0 saturated carbocycles. The van der Waals surface area contributed by atoms with E-state index in [1.54, 1.807) is 4.90 Å². The van der Waals surface area contributed by atoms with Crippen molar-refractivity contribution in [3.05, 3.63) is 11.6 Å². The van der Waals surface area contributed by atoms with E-state index in [1.807, 2.05) is 20.9 Å². The van der Waals surface area contributed by atoms with Crippen LogP contribution in [0.4, 0.5) is 0 Å². The third kappa shape index (κ3) is 6.32. The number of allylic oxidation sites excluding steroid dienone is 1. The van der Waals surface area contributed by atoms with E-state index in [0.717, 1.165) is 18.5 Å². The van der Waals surface area contributed by atoms with Gasteiger partial charge in [-0.2, -0.15) is 0 Å². The van der Waals surface area contributed by atoms with Crippen LogP contribution in [-0.4, -0.2) is 24.4 Å². The first-order valence-corrected chi connectivity index (χ1v) is 6.05. The van der Waals surface area contributed by atoms with E-state index in [1.165, 1.54) is 25.7 Å². The second-order valence-corrected chi connectivity index (χ2v) is 4.06. The normalized spacial score (nSPS) is 11.6. The second-order valence-electron chi connectivity index (χ2n) is 4.06. The Balaban J connectivity index is 3.82. The molecule has 0 fully saturated rings. The van der Waals surface area contributed by atoms with Gasteiger partial charge in [0.1, 0.15) is 0 Å². The summed E-state index contributed by atoms with van der Waals surface area (Å²) >= 11 is 0. The molecule has 2 nitrogen and oxygen atoms in total. The Hall–Kier alpha value is -0.790. The molecule has 0 radical (unpaired) electrons. The predicted octanol–water partition coefficient (Wildman–Crippen LogP) is 3.38. The van der Waals surface area contributed by atoms with E-state index in [9.17, 15) is 4.79 Å². The van der Waals surface area contributed by atoms with Crippen LogP contribution in [0.15, 0.2) is 11.6 Å². The minimum Gasteiger partial charge on any atom is -0.342 e. The summed E-state index contributed by atoms with van der Waals surface area (Å²) in [7, 11) is 1.84. The molecule has 0 aliphatic carbocycles. The lowest BCUT2D eigenvalue weighted by Gasteiger charge is -2.14. The molecule has 0 spiro atoms. The maximum absolute atomic E-state index is 11.7. The van der Waals surface area contributed by atoms with Crippen LogP contribution in [0.2, 0.25) is 0 Å². The van der Waals surface area contributed by atoms with E-state index in [-0.39, 0.29) is 5.91 Å². The fraction of sp³-hybridized carbons (Fsp3) is 0.769. The maximum atomic E-state index is 11.7. The molecule has 0 rings (SSSR count). The fourth-order valence-electron chi connectivity index (χ4n) is 1.42. The standard InChI is InChI=1S/C13H25NO/c1-5-7-8-9-10-11-12(3)13(15)14(4)6-2/h11H,5-10H2,1-4H3/b12-11+. The Labute approximate surface area is 94.4 Å². The van der Waals surface area contributed by atoms with Crippen molar-refractivity contribution in [3.8, 4) is 0 Å². The molecule has 2 heteroatoms. The number of likely N-dealkylation sites (N-methyl/N-ethyl adjacent to an activating group) is 1. The SMILES string of the molecule is CCCCCC/C=C(\C)C(=O)N(C)CC. The molecule has 0 aliphatic rings. The smallest absolute Gasteiger partial charge is 0.248 e. The van der Waals surface area contributed by atoms with E-state index >= 15 is 0 Å². The van der Waals surface area contributed by atoms with E-state index in [2.05, 4.69) is 13.0 Å². The fourth-order valence-corrected chi connectivity index (χ4v) is 1.42. The Bertz CT molecular complexity index is 209. The lowest BCUT2D eigenvalue weighted by Crippen LogP contribution is -2.26. The Morgan fingerprint density at radius 3 is 2.40 bits per heavy atom. The van der Waals surface area contributed by atoms with Crippen LogP contribution in [0.1, 0.15) is 52.9 Å². The van der Waals surface area contributed by atoms with Gasteiger partial charge < -0.3 is 4.90 Å². The molecule has 0 aromatic carbocycles. The Kier molecular flexibility index (Phi) is 8.06. The number of carbonyl (C=O) groups is 1. The van der Waals surface area contributed by atoms with Crippen molar-refractivity contribution in [3.63, 3.8) is 0 Å². The molecule has 0 aliphatic heterocycles. The Morgan fingerprint density at radius 2 is 1.87 bits per heavy atom. The van der Waals surface area contributed by atoms with E-state index in [4.69, 9.17) is 0 Å².